The van der Waals surface area contributed by atoms with E-state index in [1.807, 2.05) is 0 Å². The second-order valence-corrected chi connectivity index (χ2v) is 8.42. The molecule has 0 amide bonds. The summed E-state index contributed by atoms with van der Waals surface area (Å²) in [5.41, 5.74) is 6.63. The van der Waals surface area contributed by atoms with E-state index in [1.54, 1.807) is 25.1 Å². The van der Waals surface area contributed by atoms with Gasteiger partial charge in [-0.1, -0.05) is 24.3 Å². The molecule has 0 aliphatic rings. The molecule has 0 aromatic heterocycles. The molecule has 0 saturated heterocycles. The monoisotopic (exact) mass is 340 g/mol. The Morgan fingerprint density at radius 3 is 2.23 bits per heavy atom. The smallest absolute Gasteiger partial charge is 0.238 e. The molecule has 2 aromatic carbocycles. The van der Waals surface area contributed by atoms with Crippen molar-refractivity contribution in [2.75, 3.05) is 5.73 Å². The van der Waals surface area contributed by atoms with Gasteiger partial charge in [0.15, 0.2) is 9.84 Å². The van der Waals surface area contributed by atoms with Crippen molar-refractivity contribution in [1.29, 1.82) is 0 Å². The number of aryl methyl sites for hydroxylation is 1. The first-order valence-electron chi connectivity index (χ1n) is 6.31. The van der Waals surface area contributed by atoms with Crippen LogP contribution < -0.4 is 10.9 Å². The second-order valence-electron chi connectivity index (χ2n) is 4.94. The fraction of sp³-hybridized carbons (Fsp3) is 0.143. The van der Waals surface area contributed by atoms with E-state index < -0.39 is 25.6 Å². The summed E-state index contributed by atoms with van der Waals surface area (Å²) in [6, 6.07) is 10.3. The lowest BCUT2D eigenvalue weighted by molar-refractivity contribution is 0.593. The van der Waals surface area contributed by atoms with Crippen LogP contribution in [0.1, 0.15) is 11.1 Å². The molecule has 6 nitrogen and oxygen atoms in total. The third-order valence-corrected chi connectivity index (χ3v) is 5.98. The van der Waals surface area contributed by atoms with Gasteiger partial charge in [-0.2, -0.15) is 0 Å². The number of hydrogen-bond donors (Lipinski definition) is 2. The second kappa shape index (κ2) is 5.71. The number of benzene rings is 2. The summed E-state index contributed by atoms with van der Waals surface area (Å²) in [4.78, 5) is -0.114. The van der Waals surface area contributed by atoms with Gasteiger partial charge in [-0.05, 0) is 36.2 Å². The highest BCUT2D eigenvalue weighted by Gasteiger charge is 2.22. The Bertz CT molecular complexity index is 920. The van der Waals surface area contributed by atoms with E-state index >= 15 is 0 Å². The third kappa shape index (κ3) is 3.46. The van der Waals surface area contributed by atoms with Gasteiger partial charge in [0.2, 0.25) is 10.0 Å². The first kappa shape index (κ1) is 16.5. The summed E-state index contributed by atoms with van der Waals surface area (Å²) in [6.45, 7) is 1.65. The maximum atomic E-state index is 12.6. The summed E-state index contributed by atoms with van der Waals surface area (Å²) in [5.74, 6) is -0.468. The SMILES string of the molecule is Cc1ccc(N)cc1S(=O)(=O)Cc1ccccc1S(N)(=O)=O. The largest absolute Gasteiger partial charge is 0.399 e. The normalized spacial score (nSPS) is 12.3. The van der Waals surface area contributed by atoms with Crippen molar-refractivity contribution in [2.24, 2.45) is 5.14 Å². The predicted octanol–water partition coefficient (Wildman–Crippen LogP) is 1.20. The Kier molecular flexibility index (Phi) is 4.28. The number of nitrogens with two attached hydrogens (primary N) is 2. The maximum absolute atomic E-state index is 12.6. The topological polar surface area (TPSA) is 120 Å². The molecular formula is C14H16N2O4S2. The fourth-order valence-corrected chi connectivity index (χ4v) is 4.69. The van der Waals surface area contributed by atoms with Crippen molar-refractivity contribution in [2.45, 2.75) is 22.5 Å². The third-order valence-electron chi connectivity index (χ3n) is 3.17. The van der Waals surface area contributed by atoms with Gasteiger partial charge in [-0.25, -0.2) is 22.0 Å². The minimum absolute atomic E-state index is 0.0803. The molecule has 0 saturated carbocycles. The molecule has 4 N–H and O–H groups in total. The number of primary sulfonamides is 1. The predicted molar refractivity (Wildman–Crippen MR) is 84.3 cm³/mol. The quantitative estimate of drug-likeness (QED) is 0.810. The van der Waals surface area contributed by atoms with Gasteiger partial charge >= 0.3 is 0 Å². The van der Waals surface area contributed by atoms with E-state index in [1.165, 1.54) is 24.3 Å². The van der Waals surface area contributed by atoms with Crippen molar-refractivity contribution >= 4 is 25.5 Å². The number of sulfone groups is 1. The molecule has 0 atom stereocenters. The molecule has 118 valence electrons. The van der Waals surface area contributed by atoms with E-state index in [-0.39, 0.29) is 15.4 Å². The molecule has 2 aromatic rings. The highest BCUT2D eigenvalue weighted by molar-refractivity contribution is 7.91. The summed E-state index contributed by atoms with van der Waals surface area (Å²) < 4.78 is 48.2. The van der Waals surface area contributed by atoms with Crippen LogP contribution in [0.3, 0.4) is 0 Å². The minimum Gasteiger partial charge on any atom is -0.399 e. The maximum Gasteiger partial charge on any atom is 0.238 e. The van der Waals surface area contributed by atoms with E-state index in [0.717, 1.165) is 0 Å². The van der Waals surface area contributed by atoms with E-state index in [2.05, 4.69) is 0 Å². The molecule has 0 aliphatic heterocycles. The van der Waals surface area contributed by atoms with Crippen molar-refractivity contribution in [3.63, 3.8) is 0 Å². The Hall–Kier alpha value is -1.90. The van der Waals surface area contributed by atoms with Gasteiger partial charge in [0.05, 0.1) is 15.5 Å². The summed E-state index contributed by atoms with van der Waals surface area (Å²) >= 11 is 0. The zero-order chi connectivity index (χ0) is 16.5. The van der Waals surface area contributed by atoms with E-state index in [0.29, 0.717) is 11.3 Å². The fourth-order valence-electron chi connectivity index (χ4n) is 2.13. The average molecular weight is 340 g/mol. The highest BCUT2D eigenvalue weighted by atomic mass is 32.2. The summed E-state index contributed by atoms with van der Waals surface area (Å²) in [5, 5.41) is 5.13. The Labute approximate surface area is 129 Å². The van der Waals surface area contributed by atoms with Gasteiger partial charge in [-0.15, -0.1) is 0 Å². The van der Waals surface area contributed by atoms with Crippen molar-refractivity contribution in [1.82, 2.24) is 0 Å². The standard InChI is InChI=1S/C14H16N2O4S2/c1-10-6-7-12(15)8-14(10)21(17,18)9-11-4-2-3-5-13(11)22(16,19)20/h2-8H,9,15H2,1H3,(H2,16,19,20). The molecule has 0 aliphatic carbocycles. The molecule has 2 rings (SSSR count). The lowest BCUT2D eigenvalue weighted by atomic mass is 10.2. The zero-order valence-electron chi connectivity index (χ0n) is 11.9. The van der Waals surface area contributed by atoms with Crippen LogP contribution in [0.2, 0.25) is 0 Å². The van der Waals surface area contributed by atoms with Gasteiger partial charge in [0.25, 0.3) is 0 Å². The molecule has 0 bridgehead atoms. The van der Waals surface area contributed by atoms with Gasteiger partial charge in [-0.3, -0.25) is 0 Å². The van der Waals surface area contributed by atoms with Crippen molar-refractivity contribution in [3.05, 3.63) is 53.6 Å². The van der Waals surface area contributed by atoms with Crippen LogP contribution in [0, 0.1) is 6.92 Å². The first-order valence-corrected chi connectivity index (χ1v) is 9.51. The lowest BCUT2D eigenvalue weighted by Crippen LogP contribution is -2.16. The van der Waals surface area contributed by atoms with Crippen LogP contribution in [0.25, 0.3) is 0 Å². The van der Waals surface area contributed by atoms with E-state index in [9.17, 15) is 16.8 Å². The molecule has 0 heterocycles. The van der Waals surface area contributed by atoms with Gasteiger partial charge in [0, 0.05) is 5.69 Å². The highest BCUT2D eigenvalue weighted by Crippen LogP contribution is 2.25. The van der Waals surface area contributed by atoms with Crippen molar-refractivity contribution in [3.8, 4) is 0 Å². The Morgan fingerprint density at radius 1 is 0.955 bits per heavy atom. The number of nitrogen functional groups attached to an aromatic ring is 1. The molecule has 0 unspecified atom stereocenters. The molecule has 0 radical (unpaired) electrons. The Morgan fingerprint density at radius 2 is 1.59 bits per heavy atom. The van der Waals surface area contributed by atoms with Crippen LogP contribution >= 0.6 is 0 Å². The van der Waals surface area contributed by atoms with Crippen LogP contribution in [-0.2, 0) is 25.6 Å². The lowest BCUT2D eigenvalue weighted by Gasteiger charge is -2.11. The van der Waals surface area contributed by atoms with Gasteiger partial charge < -0.3 is 5.73 Å². The van der Waals surface area contributed by atoms with Crippen LogP contribution in [-0.4, -0.2) is 16.8 Å². The molecule has 8 heteroatoms. The zero-order valence-corrected chi connectivity index (χ0v) is 13.5. The molecule has 22 heavy (non-hydrogen) atoms. The molecular weight excluding hydrogens is 324 g/mol. The Balaban J connectivity index is 2.53. The molecule has 0 spiro atoms. The van der Waals surface area contributed by atoms with Crippen molar-refractivity contribution < 1.29 is 16.8 Å². The number of hydrogen-bond acceptors (Lipinski definition) is 5. The molecule has 0 fully saturated rings. The van der Waals surface area contributed by atoms with Crippen LogP contribution in [0.5, 0.6) is 0 Å². The number of sulfonamides is 1. The van der Waals surface area contributed by atoms with Gasteiger partial charge in [0.1, 0.15) is 0 Å². The van der Waals surface area contributed by atoms with E-state index in [4.69, 9.17) is 10.9 Å². The van der Waals surface area contributed by atoms with Crippen LogP contribution in [0.4, 0.5) is 5.69 Å². The summed E-state index contributed by atoms with van der Waals surface area (Å²) in [6.07, 6.45) is 0. The first-order chi connectivity index (χ1) is 10.1. The average Bonchev–Trinajstić information content (AvgIpc) is 2.40. The number of rotatable bonds is 4. The van der Waals surface area contributed by atoms with Crippen LogP contribution in [0.15, 0.2) is 52.3 Å². The minimum atomic E-state index is -4.00. The number of anilines is 1. The summed E-state index contributed by atoms with van der Waals surface area (Å²) in [7, 11) is -7.74.